The first-order valence-electron chi connectivity index (χ1n) is 8.54. The van der Waals surface area contributed by atoms with E-state index in [0.29, 0.717) is 41.5 Å². The highest BCUT2D eigenvalue weighted by atomic mass is 16.5. The largest absolute Gasteiger partial charge is 0.496 e. The zero-order chi connectivity index (χ0) is 20.5. The number of hydrogen-bond acceptors (Lipinski definition) is 6. The molecule has 0 aliphatic rings. The molecule has 0 aliphatic carbocycles. The van der Waals surface area contributed by atoms with Crippen LogP contribution in [0.5, 0.6) is 17.2 Å². The van der Waals surface area contributed by atoms with Gasteiger partial charge in [-0.3, -0.25) is 0 Å². The SMILES string of the molecule is COC(=O)c1ccc(NC(=O)NCCc2cc(OC)c(OC)cc2OC)cc1. The molecule has 0 aliphatic heterocycles. The predicted octanol–water partition coefficient (Wildman–Crippen LogP) is 2.86. The van der Waals surface area contributed by atoms with Crippen LogP contribution in [-0.2, 0) is 11.2 Å². The standard InChI is InChI=1S/C20H24N2O6/c1-25-16-12-18(27-3)17(26-2)11-14(16)9-10-21-20(24)22-15-7-5-13(6-8-15)19(23)28-4/h5-8,11-12H,9-10H2,1-4H3,(H2,21,22,24). The molecule has 0 atom stereocenters. The summed E-state index contributed by atoms with van der Waals surface area (Å²) < 4.78 is 20.6. The van der Waals surface area contributed by atoms with Crippen molar-refractivity contribution in [3.63, 3.8) is 0 Å². The Bertz CT molecular complexity index is 820. The molecular formula is C20H24N2O6. The van der Waals surface area contributed by atoms with Crippen LogP contribution < -0.4 is 24.8 Å². The van der Waals surface area contributed by atoms with Crippen molar-refractivity contribution in [3.8, 4) is 17.2 Å². The van der Waals surface area contributed by atoms with Crippen LogP contribution >= 0.6 is 0 Å². The van der Waals surface area contributed by atoms with E-state index in [1.165, 1.54) is 7.11 Å². The van der Waals surface area contributed by atoms with Gasteiger partial charge in [-0.05, 0) is 42.3 Å². The predicted molar refractivity (Wildman–Crippen MR) is 105 cm³/mol. The van der Waals surface area contributed by atoms with Gasteiger partial charge in [0.05, 0.1) is 34.0 Å². The van der Waals surface area contributed by atoms with E-state index in [9.17, 15) is 9.59 Å². The maximum atomic E-state index is 12.1. The van der Waals surface area contributed by atoms with Crippen LogP contribution in [0.25, 0.3) is 0 Å². The zero-order valence-electron chi connectivity index (χ0n) is 16.3. The monoisotopic (exact) mass is 388 g/mol. The first-order valence-corrected chi connectivity index (χ1v) is 8.54. The highest BCUT2D eigenvalue weighted by molar-refractivity contribution is 5.92. The summed E-state index contributed by atoms with van der Waals surface area (Å²) in [6, 6.07) is 9.63. The second-order valence-electron chi connectivity index (χ2n) is 5.72. The van der Waals surface area contributed by atoms with Crippen LogP contribution in [0.15, 0.2) is 36.4 Å². The maximum Gasteiger partial charge on any atom is 0.337 e. The summed E-state index contributed by atoms with van der Waals surface area (Å²) in [5.74, 6) is 1.38. The van der Waals surface area contributed by atoms with Crippen molar-refractivity contribution in [2.75, 3.05) is 40.3 Å². The fourth-order valence-electron chi connectivity index (χ4n) is 2.58. The molecule has 2 rings (SSSR count). The third-order valence-electron chi connectivity index (χ3n) is 4.03. The van der Waals surface area contributed by atoms with E-state index >= 15 is 0 Å². The molecule has 0 radical (unpaired) electrons. The molecule has 0 fully saturated rings. The third-order valence-corrected chi connectivity index (χ3v) is 4.03. The summed E-state index contributed by atoms with van der Waals surface area (Å²) in [6.07, 6.45) is 0.540. The number of urea groups is 1. The van der Waals surface area contributed by atoms with E-state index in [1.54, 1.807) is 51.7 Å². The van der Waals surface area contributed by atoms with E-state index in [1.807, 2.05) is 6.07 Å². The van der Waals surface area contributed by atoms with Gasteiger partial charge in [0.15, 0.2) is 11.5 Å². The molecule has 0 saturated heterocycles. The molecule has 2 aromatic rings. The highest BCUT2D eigenvalue weighted by Gasteiger charge is 2.12. The lowest BCUT2D eigenvalue weighted by Crippen LogP contribution is -2.30. The van der Waals surface area contributed by atoms with Gasteiger partial charge in [-0.1, -0.05) is 0 Å². The smallest absolute Gasteiger partial charge is 0.337 e. The third kappa shape index (κ3) is 5.29. The lowest BCUT2D eigenvalue weighted by Gasteiger charge is -2.14. The second-order valence-corrected chi connectivity index (χ2v) is 5.72. The van der Waals surface area contributed by atoms with Gasteiger partial charge in [0.25, 0.3) is 0 Å². The first kappa shape index (κ1) is 20.9. The number of carbonyl (C=O) groups is 2. The number of methoxy groups -OCH3 is 4. The van der Waals surface area contributed by atoms with Crippen LogP contribution in [0.1, 0.15) is 15.9 Å². The lowest BCUT2D eigenvalue weighted by molar-refractivity contribution is 0.0600. The van der Waals surface area contributed by atoms with Gasteiger partial charge in [-0.25, -0.2) is 9.59 Å². The molecule has 0 saturated carbocycles. The molecule has 2 aromatic carbocycles. The van der Waals surface area contributed by atoms with E-state index in [2.05, 4.69) is 15.4 Å². The van der Waals surface area contributed by atoms with E-state index in [4.69, 9.17) is 14.2 Å². The number of hydrogen-bond donors (Lipinski definition) is 2. The Labute approximate surface area is 163 Å². The summed E-state index contributed by atoms with van der Waals surface area (Å²) in [4.78, 5) is 23.5. The van der Waals surface area contributed by atoms with Gasteiger partial charge in [-0.2, -0.15) is 0 Å². The minimum atomic E-state index is -0.431. The lowest BCUT2D eigenvalue weighted by atomic mass is 10.1. The highest BCUT2D eigenvalue weighted by Crippen LogP contribution is 2.34. The Morgan fingerprint density at radius 3 is 2.04 bits per heavy atom. The number of anilines is 1. The Balaban J connectivity index is 1.92. The van der Waals surface area contributed by atoms with E-state index in [0.717, 1.165) is 5.56 Å². The van der Waals surface area contributed by atoms with E-state index in [-0.39, 0.29) is 6.03 Å². The van der Waals surface area contributed by atoms with Crippen molar-refractivity contribution in [2.45, 2.75) is 6.42 Å². The molecule has 0 bridgehead atoms. The van der Waals surface area contributed by atoms with Gasteiger partial charge in [0.2, 0.25) is 0 Å². The molecule has 2 N–H and O–H groups in total. The second kappa shape index (κ2) is 10.1. The van der Waals surface area contributed by atoms with Gasteiger partial charge in [0.1, 0.15) is 5.75 Å². The fourth-order valence-corrected chi connectivity index (χ4v) is 2.58. The minimum absolute atomic E-state index is 0.356. The number of carbonyl (C=O) groups excluding carboxylic acids is 2. The molecule has 0 heterocycles. The average Bonchev–Trinajstić information content (AvgIpc) is 2.73. The summed E-state index contributed by atoms with van der Waals surface area (Å²) >= 11 is 0. The summed E-state index contributed by atoms with van der Waals surface area (Å²) in [7, 11) is 6.00. The summed E-state index contributed by atoms with van der Waals surface area (Å²) in [5.41, 5.74) is 1.85. The van der Waals surface area contributed by atoms with Crippen LogP contribution in [0.2, 0.25) is 0 Å². The van der Waals surface area contributed by atoms with Crippen molar-refractivity contribution in [3.05, 3.63) is 47.5 Å². The van der Waals surface area contributed by atoms with Crippen LogP contribution in [0.3, 0.4) is 0 Å². The number of rotatable bonds is 8. The Kier molecular flexibility index (Phi) is 7.50. The Morgan fingerprint density at radius 1 is 0.857 bits per heavy atom. The fraction of sp³-hybridized carbons (Fsp3) is 0.300. The van der Waals surface area contributed by atoms with Crippen molar-refractivity contribution >= 4 is 17.7 Å². The van der Waals surface area contributed by atoms with Gasteiger partial charge in [-0.15, -0.1) is 0 Å². The number of nitrogens with one attached hydrogen (secondary N) is 2. The maximum absolute atomic E-state index is 12.1. The molecule has 0 spiro atoms. The molecule has 150 valence electrons. The van der Waals surface area contributed by atoms with E-state index < -0.39 is 5.97 Å². The quantitative estimate of drug-likeness (QED) is 0.675. The summed E-state index contributed by atoms with van der Waals surface area (Å²) in [6.45, 7) is 0.387. The van der Waals surface area contributed by atoms with Gasteiger partial charge >= 0.3 is 12.0 Å². The van der Waals surface area contributed by atoms with Crippen molar-refractivity contribution < 1.29 is 28.5 Å². The van der Waals surface area contributed by atoms with Crippen molar-refractivity contribution in [1.82, 2.24) is 5.32 Å². The number of esters is 1. The molecule has 0 aromatic heterocycles. The molecule has 0 unspecified atom stereocenters. The zero-order valence-corrected chi connectivity index (χ0v) is 16.3. The molecule has 8 nitrogen and oxygen atoms in total. The average molecular weight is 388 g/mol. The Hall–Kier alpha value is -3.42. The Morgan fingerprint density at radius 2 is 1.46 bits per heavy atom. The first-order chi connectivity index (χ1) is 13.5. The number of benzene rings is 2. The summed E-state index contributed by atoms with van der Waals surface area (Å²) in [5, 5.41) is 5.48. The van der Waals surface area contributed by atoms with Crippen LogP contribution in [0.4, 0.5) is 10.5 Å². The molecule has 28 heavy (non-hydrogen) atoms. The van der Waals surface area contributed by atoms with Crippen LogP contribution in [-0.4, -0.2) is 47.0 Å². The number of amides is 2. The normalized spacial score (nSPS) is 10.0. The number of ether oxygens (including phenoxy) is 4. The van der Waals surface area contributed by atoms with Gasteiger partial charge < -0.3 is 29.6 Å². The van der Waals surface area contributed by atoms with Crippen molar-refractivity contribution in [1.29, 1.82) is 0 Å². The molecule has 8 heteroatoms. The van der Waals surface area contributed by atoms with Gasteiger partial charge in [0, 0.05) is 18.3 Å². The topological polar surface area (TPSA) is 95.1 Å². The van der Waals surface area contributed by atoms with Crippen molar-refractivity contribution in [2.24, 2.45) is 0 Å². The minimum Gasteiger partial charge on any atom is -0.496 e. The molecule has 2 amide bonds. The van der Waals surface area contributed by atoms with Crippen LogP contribution in [0, 0.1) is 0 Å². The molecular weight excluding hydrogens is 364 g/mol.